The van der Waals surface area contributed by atoms with Gasteiger partial charge in [0.15, 0.2) is 0 Å². The first-order valence-electron chi connectivity index (χ1n) is 7.24. The van der Waals surface area contributed by atoms with Crippen LogP contribution in [0.3, 0.4) is 0 Å². The van der Waals surface area contributed by atoms with Crippen molar-refractivity contribution in [3.05, 3.63) is 74.6 Å². The minimum absolute atomic E-state index is 0.0792. The molecule has 9 heteroatoms. The molecule has 0 atom stereocenters. The normalized spacial score (nSPS) is 11.1. The molecular weight excluding hydrogens is 402 g/mol. The van der Waals surface area contributed by atoms with Crippen molar-refractivity contribution in [2.24, 2.45) is 5.10 Å². The minimum atomic E-state index is -0.549. The number of nitrogens with one attached hydrogen (secondary N) is 2. The van der Waals surface area contributed by atoms with Crippen LogP contribution < -0.4 is 5.43 Å². The van der Waals surface area contributed by atoms with Crippen LogP contribution in [0.4, 0.5) is 4.39 Å². The lowest BCUT2D eigenvalue weighted by Crippen LogP contribution is -2.18. The van der Waals surface area contributed by atoms with E-state index in [1.807, 2.05) is 0 Å². The molecule has 1 heterocycles. The molecule has 26 heavy (non-hydrogen) atoms. The van der Waals surface area contributed by atoms with Gasteiger partial charge in [-0.3, -0.25) is 9.89 Å². The van der Waals surface area contributed by atoms with Gasteiger partial charge in [0.1, 0.15) is 11.5 Å². The molecule has 1 amide bonds. The van der Waals surface area contributed by atoms with Crippen molar-refractivity contribution in [2.75, 3.05) is 0 Å². The van der Waals surface area contributed by atoms with E-state index in [-0.39, 0.29) is 16.3 Å². The Labute approximate surface area is 162 Å². The second-order valence-corrected chi connectivity index (χ2v) is 6.35. The van der Waals surface area contributed by atoms with Crippen molar-refractivity contribution in [2.45, 2.75) is 0 Å². The van der Waals surface area contributed by atoms with Crippen LogP contribution in [0, 0.1) is 5.82 Å². The van der Waals surface area contributed by atoms with Gasteiger partial charge in [-0.15, -0.1) is 0 Å². The standard InChI is InChI=1S/C17H10Cl3FN4O/c18-11-2-1-3-14(21)10(11)8-22-25-17(26)16-7-15(23-24-16)9-4-5-12(19)13(20)6-9/h1-8H,(H,23,24)(H,25,26)/b22-8+. The third-order valence-corrected chi connectivity index (χ3v) is 4.47. The molecule has 0 radical (unpaired) electrons. The summed E-state index contributed by atoms with van der Waals surface area (Å²) in [5, 5.41) is 11.3. The molecule has 0 unspecified atom stereocenters. The van der Waals surface area contributed by atoms with Crippen molar-refractivity contribution in [1.82, 2.24) is 15.6 Å². The van der Waals surface area contributed by atoms with Gasteiger partial charge in [-0.2, -0.15) is 10.2 Å². The largest absolute Gasteiger partial charge is 0.289 e. The summed E-state index contributed by atoms with van der Waals surface area (Å²) in [7, 11) is 0. The second-order valence-electron chi connectivity index (χ2n) is 5.13. The predicted molar refractivity (Wildman–Crippen MR) is 101 cm³/mol. The average Bonchev–Trinajstić information content (AvgIpc) is 3.10. The summed E-state index contributed by atoms with van der Waals surface area (Å²) in [6, 6.07) is 10.8. The number of aromatic nitrogens is 2. The molecule has 0 saturated heterocycles. The third kappa shape index (κ3) is 4.04. The number of H-pyrrole nitrogens is 1. The quantitative estimate of drug-likeness (QED) is 0.471. The fraction of sp³-hybridized carbons (Fsp3) is 0. The van der Waals surface area contributed by atoms with Crippen LogP contribution >= 0.6 is 34.8 Å². The zero-order valence-electron chi connectivity index (χ0n) is 12.9. The SMILES string of the molecule is O=C(N/N=C/c1c(F)cccc1Cl)c1cc(-c2ccc(Cl)c(Cl)c2)n[nH]1. The number of hydrazone groups is 1. The van der Waals surface area contributed by atoms with Crippen LogP contribution in [-0.4, -0.2) is 22.3 Å². The first-order valence-corrected chi connectivity index (χ1v) is 8.37. The molecule has 2 aromatic carbocycles. The summed E-state index contributed by atoms with van der Waals surface area (Å²) >= 11 is 17.7. The van der Waals surface area contributed by atoms with Gasteiger partial charge in [0, 0.05) is 11.1 Å². The molecule has 3 rings (SSSR count). The lowest BCUT2D eigenvalue weighted by atomic mass is 10.1. The van der Waals surface area contributed by atoms with Crippen LogP contribution in [0.5, 0.6) is 0 Å². The van der Waals surface area contributed by atoms with E-state index in [0.29, 0.717) is 21.3 Å². The van der Waals surface area contributed by atoms with Crippen LogP contribution in [0.1, 0.15) is 16.1 Å². The summed E-state index contributed by atoms with van der Waals surface area (Å²) in [4.78, 5) is 12.1. The first-order chi connectivity index (χ1) is 12.5. The molecule has 0 aliphatic heterocycles. The highest BCUT2D eigenvalue weighted by Gasteiger charge is 2.12. The van der Waals surface area contributed by atoms with E-state index in [9.17, 15) is 9.18 Å². The van der Waals surface area contributed by atoms with Crippen molar-refractivity contribution in [3.63, 3.8) is 0 Å². The summed E-state index contributed by atoms with van der Waals surface area (Å²) in [6.45, 7) is 0. The van der Waals surface area contributed by atoms with Crippen molar-refractivity contribution in [3.8, 4) is 11.3 Å². The second kappa shape index (κ2) is 7.86. The lowest BCUT2D eigenvalue weighted by Gasteiger charge is -2.00. The number of nitrogens with zero attached hydrogens (tertiary/aromatic N) is 2. The van der Waals surface area contributed by atoms with E-state index in [0.717, 1.165) is 6.21 Å². The Balaban J connectivity index is 1.72. The van der Waals surface area contributed by atoms with E-state index in [4.69, 9.17) is 34.8 Å². The Morgan fingerprint density at radius 3 is 2.65 bits per heavy atom. The number of hydrogen-bond donors (Lipinski definition) is 2. The van der Waals surface area contributed by atoms with Gasteiger partial charge in [-0.1, -0.05) is 46.9 Å². The number of benzene rings is 2. The summed E-state index contributed by atoms with van der Waals surface area (Å²) < 4.78 is 13.6. The van der Waals surface area contributed by atoms with Crippen LogP contribution in [0.25, 0.3) is 11.3 Å². The molecule has 0 saturated carbocycles. The smallest absolute Gasteiger partial charge is 0.272 e. The molecular formula is C17H10Cl3FN4O. The van der Waals surface area contributed by atoms with Gasteiger partial charge in [0.25, 0.3) is 5.91 Å². The van der Waals surface area contributed by atoms with E-state index in [2.05, 4.69) is 20.7 Å². The van der Waals surface area contributed by atoms with Gasteiger partial charge < -0.3 is 0 Å². The van der Waals surface area contributed by atoms with Gasteiger partial charge in [-0.05, 0) is 30.3 Å². The molecule has 0 fully saturated rings. The fourth-order valence-corrected chi connectivity index (χ4v) is 2.60. The molecule has 2 N–H and O–H groups in total. The Hall–Kier alpha value is -2.41. The zero-order valence-corrected chi connectivity index (χ0v) is 15.2. The Kier molecular flexibility index (Phi) is 5.56. The van der Waals surface area contributed by atoms with Gasteiger partial charge >= 0.3 is 0 Å². The number of rotatable bonds is 4. The summed E-state index contributed by atoms with van der Waals surface area (Å²) in [6.07, 6.45) is 1.13. The molecule has 132 valence electrons. The maximum Gasteiger partial charge on any atom is 0.289 e. The van der Waals surface area contributed by atoms with E-state index in [1.54, 1.807) is 18.2 Å². The van der Waals surface area contributed by atoms with Crippen LogP contribution in [0.2, 0.25) is 15.1 Å². The summed E-state index contributed by atoms with van der Waals surface area (Å²) in [5.74, 6) is -1.09. The van der Waals surface area contributed by atoms with Crippen LogP contribution in [0.15, 0.2) is 47.6 Å². The topological polar surface area (TPSA) is 70.1 Å². The van der Waals surface area contributed by atoms with E-state index < -0.39 is 11.7 Å². The predicted octanol–water partition coefficient (Wildman–Crippen LogP) is 4.94. The number of halogens is 4. The number of carbonyl (C=O) groups excluding carboxylic acids is 1. The molecule has 3 aromatic rings. The Bertz CT molecular complexity index is 983. The van der Waals surface area contributed by atoms with Crippen molar-refractivity contribution < 1.29 is 9.18 Å². The third-order valence-electron chi connectivity index (χ3n) is 3.40. The highest BCUT2D eigenvalue weighted by molar-refractivity contribution is 6.42. The van der Waals surface area contributed by atoms with Crippen LogP contribution in [-0.2, 0) is 0 Å². The maximum absolute atomic E-state index is 13.6. The number of carbonyl (C=O) groups is 1. The van der Waals surface area contributed by atoms with Crippen molar-refractivity contribution >= 4 is 46.9 Å². The molecule has 0 aliphatic rings. The van der Waals surface area contributed by atoms with Gasteiger partial charge in [-0.25, -0.2) is 9.82 Å². The average molecular weight is 412 g/mol. The Morgan fingerprint density at radius 2 is 1.92 bits per heavy atom. The molecule has 0 spiro atoms. The first kappa shape index (κ1) is 18.4. The van der Waals surface area contributed by atoms with E-state index in [1.165, 1.54) is 24.3 Å². The number of aromatic amines is 1. The fourth-order valence-electron chi connectivity index (χ4n) is 2.09. The van der Waals surface area contributed by atoms with Crippen molar-refractivity contribution in [1.29, 1.82) is 0 Å². The highest BCUT2D eigenvalue weighted by Crippen LogP contribution is 2.27. The highest BCUT2D eigenvalue weighted by atomic mass is 35.5. The molecule has 0 aliphatic carbocycles. The molecule has 1 aromatic heterocycles. The molecule has 0 bridgehead atoms. The number of amides is 1. The summed E-state index contributed by atoms with van der Waals surface area (Å²) in [5.41, 5.74) is 3.72. The van der Waals surface area contributed by atoms with Gasteiger partial charge in [0.2, 0.25) is 0 Å². The monoisotopic (exact) mass is 410 g/mol. The maximum atomic E-state index is 13.6. The minimum Gasteiger partial charge on any atom is -0.272 e. The number of hydrogen-bond acceptors (Lipinski definition) is 3. The lowest BCUT2D eigenvalue weighted by molar-refractivity contribution is 0.0950. The Morgan fingerprint density at radius 1 is 1.12 bits per heavy atom. The van der Waals surface area contributed by atoms with Gasteiger partial charge in [0.05, 0.1) is 27.0 Å². The van der Waals surface area contributed by atoms with E-state index >= 15 is 0 Å². The zero-order chi connectivity index (χ0) is 18.7. The molecule has 5 nitrogen and oxygen atoms in total.